The van der Waals surface area contributed by atoms with Crippen molar-refractivity contribution in [2.45, 2.75) is 19.3 Å². The number of hydrogen-bond acceptors (Lipinski definition) is 4. The Hall–Kier alpha value is -1.51. The van der Waals surface area contributed by atoms with Gasteiger partial charge in [0.05, 0.1) is 12.1 Å². The fourth-order valence-electron chi connectivity index (χ4n) is 1.67. The second kappa shape index (κ2) is 10.3. The number of hydrogen-bond donors (Lipinski definition) is 2. The summed E-state index contributed by atoms with van der Waals surface area (Å²) < 4.78 is 0. The van der Waals surface area contributed by atoms with E-state index in [4.69, 9.17) is 5.73 Å². The molecule has 0 unspecified atom stereocenters. The molecule has 0 aliphatic rings. The van der Waals surface area contributed by atoms with Gasteiger partial charge in [-0.25, -0.2) is 4.98 Å². The monoisotopic (exact) mass is 291 g/mol. The van der Waals surface area contributed by atoms with E-state index in [1.165, 1.54) is 12.2 Å². The summed E-state index contributed by atoms with van der Waals surface area (Å²) in [5.41, 5.74) is 6.34. The van der Waals surface area contributed by atoms with E-state index in [1.807, 2.05) is 11.8 Å². The molecular formula is C15H21N3OS. The van der Waals surface area contributed by atoms with Crippen molar-refractivity contribution in [2.24, 2.45) is 5.73 Å². The molecule has 1 rings (SSSR count). The van der Waals surface area contributed by atoms with Crippen LogP contribution in [0.4, 0.5) is 0 Å². The topological polar surface area (TPSA) is 68.0 Å². The van der Waals surface area contributed by atoms with Crippen LogP contribution in [0.1, 0.15) is 35.3 Å². The summed E-state index contributed by atoms with van der Waals surface area (Å²) in [6, 6.07) is 3.54. The molecule has 3 N–H and O–H groups in total. The number of carbonyl (C=O) groups is 1. The predicted octanol–water partition coefficient (Wildman–Crippen LogP) is 1.65. The lowest BCUT2D eigenvalue weighted by Gasteiger charge is -2.06. The number of nitrogens with one attached hydrogen (secondary N) is 1. The first-order chi connectivity index (χ1) is 9.79. The zero-order chi connectivity index (χ0) is 14.6. The van der Waals surface area contributed by atoms with E-state index < -0.39 is 0 Å². The molecule has 1 heterocycles. The Kier molecular flexibility index (Phi) is 8.52. The Morgan fingerprint density at radius 3 is 3.05 bits per heavy atom. The standard InChI is InChI=1S/C15H21N3OS/c1-20-12-4-2-3-10-18-15(19)14-13(7-5-9-16)8-6-11-17-14/h6,8,11H,2-4,9-10,12,16H2,1H3,(H,18,19). The third kappa shape index (κ3) is 6.09. The SMILES string of the molecule is CSCCCCCNC(=O)c1ncccc1C#CCN. The first-order valence-electron chi connectivity index (χ1n) is 6.70. The first kappa shape index (κ1) is 16.5. The smallest absolute Gasteiger partial charge is 0.271 e. The van der Waals surface area contributed by atoms with Crippen LogP contribution in [-0.4, -0.2) is 36.0 Å². The minimum absolute atomic E-state index is 0.170. The van der Waals surface area contributed by atoms with Gasteiger partial charge in [-0.05, 0) is 37.0 Å². The van der Waals surface area contributed by atoms with Crippen molar-refractivity contribution in [3.63, 3.8) is 0 Å². The van der Waals surface area contributed by atoms with Gasteiger partial charge in [-0.2, -0.15) is 11.8 Å². The zero-order valence-electron chi connectivity index (χ0n) is 11.8. The molecule has 0 spiro atoms. The maximum atomic E-state index is 12.0. The number of unbranched alkanes of at least 4 members (excludes halogenated alkanes) is 2. The lowest BCUT2D eigenvalue weighted by atomic mass is 10.2. The fraction of sp³-hybridized carbons (Fsp3) is 0.467. The number of thioether (sulfide) groups is 1. The van der Waals surface area contributed by atoms with Crippen LogP contribution >= 0.6 is 11.8 Å². The van der Waals surface area contributed by atoms with Crippen molar-refractivity contribution in [1.82, 2.24) is 10.3 Å². The van der Waals surface area contributed by atoms with E-state index in [2.05, 4.69) is 28.4 Å². The van der Waals surface area contributed by atoms with Crippen molar-refractivity contribution in [2.75, 3.05) is 25.1 Å². The van der Waals surface area contributed by atoms with Crippen LogP contribution in [0.5, 0.6) is 0 Å². The number of rotatable bonds is 7. The fourth-order valence-corrected chi connectivity index (χ4v) is 2.16. The second-order valence-electron chi connectivity index (χ2n) is 4.21. The van der Waals surface area contributed by atoms with Crippen molar-refractivity contribution in [3.8, 4) is 11.8 Å². The van der Waals surface area contributed by atoms with Crippen LogP contribution in [0.2, 0.25) is 0 Å². The highest BCUT2D eigenvalue weighted by Gasteiger charge is 2.10. The molecule has 0 aliphatic heterocycles. The second-order valence-corrected chi connectivity index (χ2v) is 5.20. The molecule has 0 aliphatic carbocycles. The summed E-state index contributed by atoms with van der Waals surface area (Å²) >= 11 is 1.85. The third-order valence-electron chi connectivity index (χ3n) is 2.66. The number of nitrogens with zero attached hydrogens (tertiary/aromatic N) is 1. The number of pyridine rings is 1. The van der Waals surface area contributed by atoms with Crippen molar-refractivity contribution >= 4 is 17.7 Å². The Morgan fingerprint density at radius 2 is 2.30 bits per heavy atom. The van der Waals surface area contributed by atoms with Gasteiger partial charge in [0.1, 0.15) is 5.69 Å². The Labute approximate surface area is 124 Å². The van der Waals surface area contributed by atoms with Crippen LogP contribution < -0.4 is 11.1 Å². The molecule has 0 bridgehead atoms. The van der Waals surface area contributed by atoms with Gasteiger partial charge >= 0.3 is 0 Å². The maximum absolute atomic E-state index is 12.0. The van der Waals surface area contributed by atoms with Crippen molar-refractivity contribution in [1.29, 1.82) is 0 Å². The van der Waals surface area contributed by atoms with E-state index in [9.17, 15) is 4.79 Å². The molecule has 1 aromatic heterocycles. The molecule has 1 amide bonds. The van der Waals surface area contributed by atoms with Crippen molar-refractivity contribution in [3.05, 3.63) is 29.6 Å². The van der Waals surface area contributed by atoms with Gasteiger partial charge in [-0.1, -0.05) is 18.3 Å². The largest absolute Gasteiger partial charge is 0.351 e. The number of aromatic nitrogens is 1. The van der Waals surface area contributed by atoms with Gasteiger partial charge in [-0.15, -0.1) is 0 Å². The average Bonchev–Trinajstić information content (AvgIpc) is 2.48. The summed E-state index contributed by atoms with van der Waals surface area (Å²) in [6.07, 6.45) is 7.01. The van der Waals surface area contributed by atoms with E-state index in [0.29, 0.717) is 17.8 Å². The minimum Gasteiger partial charge on any atom is -0.351 e. The van der Waals surface area contributed by atoms with E-state index in [-0.39, 0.29) is 12.5 Å². The van der Waals surface area contributed by atoms with Crippen molar-refractivity contribution < 1.29 is 4.79 Å². The lowest BCUT2D eigenvalue weighted by Crippen LogP contribution is -2.26. The van der Waals surface area contributed by atoms with Gasteiger partial charge in [0.25, 0.3) is 5.91 Å². The molecule has 0 radical (unpaired) electrons. The zero-order valence-corrected chi connectivity index (χ0v) is 12.6. The van der Waals surface area contributed by atoms with Gasteiger partial charge in [-0.3, -0.25) is 4.79 Å². The summed E-state index contributed by atoms with van der Waals surface area (Å²) in [7, 11) is 0. The molecule has 1 aromatic rings. The van der Waals surface area contributed by atoms with Gasteiger partial charge in [0.15, 0.2) is 0 Å². The highest BCUT2D eigenvalue weighted by atomic mass is 32.2. The van der Waals surface area contributed by atoms with E-state index in [0.717, 1.165) is 12.8 Å². The third-order valence-corrected chi connectivity index (χ3v) is 3.36. The molecular weight excluding hydrogens is 270 g/mol. The molecule has 20 heavy (non-hydrogen) atoms. The van der Waals surface area contributed by atoms with Crippen LogP contribution in [-0.2, 0) is 0 Å². The van der Waals surface area contributed by atoms with E-state index in [1.54, 1.807) is 18.3 Å². The van der Waals surface area contributed by atoms with Crippen LogP contribution in [0.3, 0.4) is 0 Å². The normalized spacial score (nSPS) is 9.70. The Bertz CT molecular complexity index is 479. The molecule has 0 aromatic carbocycles. The van der Waals surface area contributed by atoms with Crippen LogP contribution in [0.15, 0.2) is 18.3 Å². The highest BCUT2D eigenvalue weighted by molar-refractivity contribution is 7.98. The highest BCUT2D eigenvalue weighted by Crippen LogP contribution is 2.04. The summed E-state index contributed by atoms with van der Waals surface area (Å²) in [5.74, 6) is 6.62. The van der Waals surface area contributed by atoms with Gasteiger partial charge in [0, 0.05) is 12.7 Å². The Morgan fingerprint density at radius 1 is 1.45 bits per heavy atom. The quantitative estimate of drug-likeness (QED) is 0.592. The van der Waals surface area contributed by atoms with E-state index >= 15 is 0 Å². The molecule has 0 atom stereocenters. The molecule has 108 valence electrons. The number of nitrogens with two attached hydrogens (primary N) is 1. The summed E-state index contributed by atoms with van der Waals surface area (Å²) in [4.78, 5) is 16.1. The van der Waals surface area contributed by atoms with Crippen LogP contribution in [0.25, 0.3) is 0 Å². The van der Waals surface area contributed by atoms with Gasteiger partial charge < -0.3 is 11.1 Å². The molecule has 5 heteroatoms. The summed E-state index contributed by atoms with van der Waals surface area (Å²) in [6.45, 7) is 0.943. The molecule has 0 fully saturated rings. The lowest BCUT2D eigenvalue weighted by molar-refractivity contribution is 0.0948. The summed E-state index contributed by atoms with van der Waals surface area (Å²) in [5, 5.41) is 2.89. The van der Waals surface area contributed by atoms with Crippen LogP contribution in [0, 0.1) is 11.8 Å². The van der Waals surface area contributed by atoms with Gasteiger partial charge in [0.2, 0.25) is 0 Å². The number of carbonyl (C=O) groups excluding carboxylic acids is 1. The number of amides is 1. The minimum atomic E-state index is -0.170. The molecule has 0 saturated heterocycles. The first-order valence-corrected chi connectivity index (χ1v) is 8.10. The maximum Gasteiger partial charge on any atom is 0.271 e. The Balaban J connectivity index is 2.47. The average molecular weight is 291 g/mol. The predicted molar refractivity (Wildman–Crippen MR) is 84.7 cm³/mol. The molecule has 0 saturated carbocycles. The molecule has 4 nitrogen and oxygen atoms in total.